The van der Waals surface area contributed by atoms with Crippen molar-refractivity contribution < 1.29 is 4.79 Å². The lowest BCUT2D eigenvalue weighted by molar-refractivity contribution is -0.137. The van der Waals surface area contributed by atoms with Crippen LogP contribution in [0.5, 0.6) is 0 Å². The lowest BCUT2D eigenvalue weighted by Crippen LogP contribution is -2.43. The molecule has 23 heavy (non-hydrogen) atoms. The molecule has 1 aromatic heterocycles. The Labute approximate surface area is 136 Å². The second kappa shape index (κ2) is 6.28. The number of carbonyl (C=O) groups excluding carboxylic acids is 1. The Morgan fingerprint density at radius 1 is 1.22 bits per heavy atom. The molecule has 1 amide bonds. The number of pyridine rings is 1. The SMILES string of the molecule is O=C([C@@H]1CCCNC1)N(Cc1nccc2ccccc12)C1CC1. The molecule has 0 radical (unpaired) electrons. The first-order valence-corrected chi connectivity index (χ1v) is 8.67. The van der Waals surface area contributed by atoms with Gasteiger partial charge in [-0.1, -0.05) is 24.3 Å². The van der Waals surface area contributed by atoms with Crippen molar-refractivity contribution >= 4 is 16.7 Å². The maximum Gasteiger partial charge on any atom is 0.227 e. The fourth-order valence-electron chi connectivity index (χ4n) is 3.54. The van der Waals surface area contributed by atoms with Gasteiger partial charge in [0.15, 0.2) is 0 Å². The van der Waals surface area contributed by atoms with Crippen LogP contribution in [0, 0.1) is 5.92 Å². The van der Waals surface area contributed by atoms with E-state index in [2.05, 4.69) is 27.3 Å². The van der Waals surface area contributed by atoms with Crippen molar-refractivity contribution in [1.29, 1.82) is 0 Å². The molecule has 2 heterocycles. The predicted molar refractivity (Wildman–Crippen MR) is 90.9 cm³/mol. The van der Waals surface area contributed by atoms with Gasteiger partial charge < -0.3 is 10.2 Å². The van der Waals surface area contributed by atoms with Crippen LogP contribution in [0.15, 0.2) is 36.5 Å². The van der Waals surface area contributed by atoms with Gasteiger partial charge in [0.25, 0.3) is 0 Å². The average molecular weight is 309 g/mol. The Morgan fingerprint density at radius 3 is 2.87 bits per heavy atom. The third-order valence-electron chi connectivity index (χ3n) is 4.99. The maximum absolute atomic E-state index is 13.0. The monoisotopic (exact) mass is 309 g/mol. The summed E-state index contributed by atoms with van der Waals surface area (Å²) in [5.41, 5.74) is 1.02. The molecule has 1 saturated heterocycles. The zero-order valence-electron chi connectivity index (χ0n) is 13.4. The zero-order chi connectivity index (χ0) is 15.6. The number of benzene rings is 1. The number of rotatable bonds is 4. The number of nitrogens with zero attached hydrogens (tertiary/aromatic N) is 2. The molecule has 4 heteroatoms. The highest BCUT2D eigenvalue weighted by Crippen LogP contribution is 2.31. The van der Waals surface area contributed by atoms with Gasteiger partial charge in [-0.3, -0.25) is 9.78 Å². The van der Waals surface area contributed by atoms with Crippen LogP contribution in [-0.4, -0.2) is 34.9 Å². The second-order valence-electron chi connectivity index (χ2n) is 6.72. The molecule has 1 atom stereocenters. The summed E-state index contributed by atoms with van der Waals surface area (Å²) in [6, 6.07) is 10.8. The molecule has 0 unspecified atom stereocenters. The van der Waals surface area contributed by atoms with E-state index in [1.165, 1.54) is 5.39 Å². The highest BCUT2D eigenvalue weighted by molar-refractivity contribution is 5.85. The van der Waals surface area contributed by atoms with Crippen molar-refractivity contribution in [2.75, 3.05) is 13.1 Å². The third-order valence-corrected chi connectivity index (χ3v) is 4.99. The van der Waals surface area contributed by atoms with Crippen LogP contribution in [0.4, 0.5) is 0 Å². The van der Waals surface area contributed by atoms with Crippen molar-refractivity contribution in [3.05, 3.63) is 42.2 Å². The van der Waals surface area contributed by atoms with E-state index in [0.29, 0.717) is 18.5 Å². The summed E-state index contributed by atoms with van der Waals surface area (Å²) in [4.78, 5) is 19.6. The first-order chi connectivity index (χ1) is 11.3. The minimum Gasteiger partial charge on any atom is -0.334 e. The minimum atomic E-state index is 0.138. The van der Waals surface area contributed by atoms with E-state index in [1.807, 2.05) is 24.4 Å². The number of fused-ring (bicyclic) bond motifs is 1. The molecule has 0 bridgehead atoms. The summed E-state index contributed by atoms with van der Waals surface area (Å²) in [5.74, 6) is 0.453. The zero-order valence-corrected chi connectivity index (χ0v) is 13.4. The molecule has 4 rings (SSSR count). The maximum atomic E-state index is 13.0. The van der Waals surface area contributed by atoms with E-state index in [0.717, 1.165) is 49.9 Å². The van der Waals surface area contributed by atoms with Gasteiger partial charge in [0, 0.05) is 24.2 Å². The van der Waals surface area contributed by atoms with Gasteiger partial charge in [-0.15, -0.1) is 0 Å². The van der Waals surface area contributed by atoms with Gasteiger partial charge in [-0.25, -0.2) is 0 Å². The van der Waals surface area contributed by atoms with Crippen LogP contribution < -0.4 is 5.32 Å². The van der Waals surface area contributed by atoms with Crippen LogP contribution in [0.1, 0.15) is 31.4 Å². The quantitative estimate of drug-likeness (QED) is 0.944. The van der Waals surface area contributed by atoms with Gasteiger partial charge in [-0.05, 0) is 43.7 Å². The number of amides is 1. The Bertz CT molecular complexity index is 699. The largest absolute Gasteiger partial charge is 0.334 e. The molecular formula is C19H23N3O. The van der Waals surface area contributed by atoms with E-state index >= 15 is 0 Å². The molecule has 4 nitrogen and oxygen atoms in total. The molecule has 0 spiro atoms. The van der Waals surface area contributed by atoms with Crippen molar-refractivity contribution in [2.45, 2.75) is 38.3 Å². The third kappa shape index (κ3) is 3.08. The summed E-state index contributed by atoms with van der Waals surface area (Å²) in [6.07, 6.45) is 6.24. The molecule has 1 aliphatic carbocycles. The van der Waals surface area contributed by atoms with E-state index in [9.17, 15) is 4.79 Å². The molecule has 2 aliphatic rings. The topological polar surface area (TPSA) is 45.2 Å². The van der Waals surface area contributed by atoms with Gasteiger partial charge in [-0.2, -0.15) is 0 Å². The van der Waals surface area contributed by atoms with Gasteiger partial charge in [0.05, 0.1) is 18.2 Å². The number of carbonyl (C=O) groups is 1. The van der Waals surface area contributed by atoms with Gasteiger partial charge in [0.1, 0.15) is 0 Å². The first-order valence-electron chi connectivity index (χ1n) is 8.67. The molecule has 120 valence electrons. The van der Waals surface area contributed by atoms with Gasteiger partial charge in [0.2, 0.25) is 5.91 Å². The van der Waals surface area contributed by atoms with Crippen LogP contribution in [0.2, 0.25) is 0 Å². The van der Waals surface area contributed by atoms with Crippen LogP contribution in [0.25, 0.3) is 10.8 Å². The highest BCUT2D eigenvalue weighted by Gasteiger charge is 2.36. The summed E-state index contributed by atoms with van der Waals surface area (Å²) in [6.45, 7) is 2.50. The van der Waals surface area contributed by atoms with E-state index in [4.69, 9.17) is 0 Å². The van der Waals surface area contributed by atoms with Crippen molar-refractivity contribution in [1.82, 2.24) is 15.2 Å². The Hall–Kier alpha value is -1.94. The Kier molecular flexibility index (Phi) is 4.00. The molecule has 1 N–H and O–H groups in total. The standard InChI is InChI=1S/C19H23N3O/c23-19(15-5-3-10-20-12-15)22(16-7-8-16)13-18-17-6-2-1-4-14(17)9-11-21-18/h1-2,4,6,9,11,15-16,20H,3,5,7-8,10,12-13H2/t15-/m1/s1. The normalized spacial score (nSPS) is 21.3. The second-order valence-corrected chi connectivity index (χ2v) is 6.72. The molecule has 1 aromatic carbocycles. The number of hydrogen-bond acceptors (Lipinski definition) is 3. The van der Waals surface area contributed by atoms with Crippen LogP contribution in [-0.2, 0) is 11.3 Å². The van der Waals surface area contributed by atoms with Crippen molar-refractivity contribution in [2.24, 2.45) is 5.92 Å². The lowest BCUT2D eigenvalue weighted by Gasteiger charge is -2.30. The van der Waals surface area contributed by atoms with E-state index in [1.54, 1.807) is 0 Å². The molecule has 1 saturated carbocycles. The summed E-state index contributed by atoms with van der Waals surface area (Å²) in [7, 11) is 0. The lowest BCUT2D eigenvalue weighted by atomic mass is 9.97. The van der Waals surface area contributed by atoms with Gasteiger partial charge >= 0.3 is 0 Å². The molecule has 2 fully saturated rings. The minimum absolute atomic E-state index is 0.138. The number of piperidine rings is 1. The smallest absolute Gasteiger partial charge is 0.227 e. The number of hydrogen-bond donors (Lipinski definition) is 1. The summed E-state index contributed by atoms with van der Waals surface area (Å²) in [5, 5.41) is 5.72. The molecule has 1 aliphatic heterocycles. The average Bonchev–Trinajstić information content (AvgIpc) is 3.45. The summed E-state index contributed by atoms with van der Waals surface area (Å²) >= 11 is 0. The summed E-state index contributed by atoms with van der Waals surface area (Å²) < 4.78 is 0. The first kappa shape index (κ1) is 14.6. The number of aromatic nitrogens is 1. The molecular weight excluding hydrogens is 286 g/mol. The van der Waals surface area contributed by atoms with Crippen LogP contribution >= 0.6 is 0 Å². The highest BCUT2D eigenvalue weighted by atomic mass is 16.2. The van der Waals surface area contributed by atoms with Crippen LogP contribution in [0.3, 0.4) is 0 Å². The predicted octanol–water partition coefficient (Wildman–Crippen LogP) is 2.73. The van der Waals surface area contributed by atoms with E-state index < -0.39 is 0 Å². The fourth-order valence-corrected chi connectivity index (χ4v) is 3.54. The Morgan fingerprint density at radius 2 is 2.09 bits per heavy atom. The molecule has 2 aromatic rings. The van der Waals surface area contributed by atoms with Crippen molar-refractivity contribution in [3.63, 3.8) is 0 Å². The Balaban J connectivity index is 1.59. The number of nitrogens with one attached hydrogen (secondary N) is 1. The fraction of sp³-hybridized carbons (Fsp3) is 0.474. The van der Waals surface area contributed by atoms with E-state index in [-0.39, 0.29) is 5.92 Å². The van der Waals surface area contributed by atoms with Crippen molar-refractivity contribution in [3.8, 4) is 0 Å².